The van der Waals surface area contributed by atoms with E-state index < -0.39 is 10.0 Å². The van der Waals surface area contributed by atoms with Gasteiger partial charge in [0.15, 0.2) is 0 Å². The molecule has 0 radical (unpaired) electrons. The van der Waals surface area contributed by atoms with Crippen LogP contribution in [0, 0.1) is 6.92 Å². The third-order valence-corrected chi connectivity index (χ3v) is 6.14. The van der Waals surface area contributed by atoms with Crippen LogP contribution in [0.4, 0.5) is 0 Å². The average molecular weight is 347 g/mol. The van der Waals surface area contributed by atoms with Gasteiger partial charge in [-0.05, 0) is 44.0 Å². The molecule has 6 heteroatoms. The average Bonchev–Trinajstić information content (AvgIpc) is 2.41. The normalized spacial score (nSPS) is 20.7. The first-order valence-corrected chi connectivity index (χ1v) is 8.61. The first-order chi connectivity index (χ1) is 8.93. The molecule has 4 nitrogen and oxygen atoms in total. The summed E-state index contributed by atoms with van der Waals surface area (Å²) in [6.45, 7) is 3.52. The van der Waals surface area contributed by atoms with Crippen molar-refractivity contribution in [2.24, 2.45) is 0 Å². The predicted octanol–water partition coefficient (Wildman–Crippen LogP) is 2.13. The molecule has 1 aliphatic rings. The van der Waals surface area contributed by atoms with Crippen molar-refractivity contribution < 1.29 is 8.42 Å². The lowest BCUT2D eigenvalue weighted by Gasteiger charge is -2.31. The van der Waals surface area contributed by atoms with E-state index in [1.807, 2.05) is 19.1 Å². The van der Waals surface area contributed by atoms with Gasteiger partial charge in [-0.15, -0.1) is 0 Å². The molecule has 1 aliphatic heterocycles. The largest absolute Gasteiger partial charge is 0.315 e. The summed E-state index contributed by atoms with van der Waals surface area (Å²) >= 11 is 3.34. The van der Waals surface area contributed by atoms with Gasteiger partial charge in [-0.3, -0.25) is 0 Å². The number of nitrogens with one attached hydrogen (secondary N) is 1. The van der Waals surface area contributed by atoms with Crippen LogP contribution in [0.3, 0.4) is 0 Å². The highest BCUT2D eigenvalue weighted by Crippen LogP contribution is 2.25. The monoisotopic (exact) mass is 346 g/mol. The highest BCUT2D eigenvalue weighted by atomic mass is 79.9. The van der Waals surface area contributed by atoms with E-state index in [4.69, 9.17) is 0 Å². The van der Waals surface area contributed by atoms with Crippen LogP contribution in [-0.4, -0.2) is 38.9 Å². The van der Waals surface area contributed by atoms with E-state index in [0.717, 1.165) is 36.0 Å². The Morgan fingerprint density at radius 3 is 2.79 bits per heavy atom. The van der Waals surface area contributed by atoms with Gasteiger partial charge in [0.05, 0.1) is 4.90 Å². The number of sulfonamides is 1. The highest BCUT2D eigenvalue weighted by molar-refractivity contribution is 9.10. The maximum atomic E-state index is 12.7. The number of halogens is 1. The zero-order valence-corrected chi connectivity index (χ0v) is 13.6. The van der Waals surface area contributed by atoms with E-state index >= 15 is 0 Å². The maximum Gasteiger partial charge on any atom is 0.243 e. The fourth-order valence-electron chi connectivity index (χ4n) is 2.35. The van der Waals surface area contributed by atoms with E-state index in [1.165, 1.54) is 4.31 Å². The molecule has 1 saturated heterocycles. The summed E-state index contributed by atoms with van der Waals surface area (Å²) in [4.78, 5) is 0.384. The van der Waals surface area contributed by atoms with Crippen molar-refractivity contribution in [1.82, 2.24) is 9.62 Å². The maximum absolute atomic E-state index is 12.7. The number of benzene rings is 1. The molecular formula is C13H19BrN2O2S. The van der Waals surface area contributed by atoms with Crippen molar-refractivity contribution in [2.45, 2.75) is 30.7 Å². The van der Waals surface area contributed by atoms with Gasteiger partial charge >= 0.3 is 0 Å². The Hall–Kier alpha value is -0.430. The molecular weight excluding hydrogens is 328 g/mol. The molecule has 1 aromatic carbocycles. The molecule has 1 unspecified atom stereocenters. The second-order valence-electron chi connectivity index (χ2n) is 4.93. The lowest BCUT2D eigenvalue weighted by atomic mass is 10.1. The molecule has 0 amide bonds. The van der Waals surface area contributed by atoms with Gasteiger partial charge in [-0.2, -0.15) is 4.31 Å². The second kappa shape index (κ2) is 5.91. The Labute approximate surface area is 123 Å². The van der Waals surface area contributed by atoms with Crippen LogP contribution in [0.2, 0.25) is 0 Å². The van der Waals surface area contributed by atoms with Crippen molar-refractivity contribution >= 4 is 26.0 Å². The number of rotatable bonds is 3. The van der Waals surface area contributed by atoms with Crippen molar-refractivity contribution in [3.63, 3.8) is 0 Å². The number of hydrogen-bond acceptors (Lipinski definition) is 3. The molecule has 0 saturated carbocycles. The highest BCUT2D eigenvalue weighted by Gasteiger charge is 2.30. The number of nitrogens with zero attached hydrogens (tertiary/aromatic N) is 1. The van der Waals surface area contributed by atoms with E-state index in [2.05, 4.69) is 21.2 Å². The Kier molecular flexibility index (Phi) is 4.66. The van der Waals surface area contributed by atoms with Crippen molar-refractivity contribution in [2.75, 3.05) is 20.1 Å². The third-order valence-electron chi connectivity index (χ3n) is 3.59. The van der Waals surface area contributed by atoms with Gasteiger partial charge in [0, 0.05) is 24.1 Å². The summed E-state index contributed by atoms with van der Waals surface area (Å²) in [5.41, 5.74) is 0.777. The summed E-state index contributed by atoms with van der Waals surface area (Å²) in [5, 5.41) is 3.25. The van der Waals surface area contributed by atoms with E-state index in [-0.39, 0.29) is 6.04 Å². The third kappa shape index (κ3) is 3.18. The summed E-state index contributed by atoms with van der Waals surface area (Å²) in [7, 11) is -1.75. The van der Waals surface area contributed by atoms with Crippen LogP contribution in [0.1, 0.15) is 18.4 Å². The molecule has 19 heavy (non-hydrogen) atoms. The minimum atomic E-state index is -3.43. The minimum absolute atomic E-state index is 0.0390. The van der Waals surface area contributed by atoms with Crippen molar-refractivity contribution in [3.05, 3.63) is 28.2 Å². The molecule has 1 N–H and O–H groups in total. The lowest BCUT2D eigenvalue weighted by molar-refractivity contribution is 0.300. The second-order valence-corrected chi connectivity index (χ2v) is 7.81. The van der Waals surface area contributed by atoms with E-state index in [9.17, 15) is 8.42 Å². The Balaban J connectivity index is 2.33. The molecule has 106 valence electrons. The standard InChI is InChI=1S/C13H19BrN2O2S/c1-10-5-6-11(14)8-13(10)19(17,18)16(2)12-4-3-7-15-9-12/h5-6,8,12,15H,3-4,7,9H2,1-2H3. The molecule has 0 aliphatic carbocycles. The molecule has 2 rings (SSSR count). The topological polar surface area (TPSA) is 49.4 Å². The van der Waals surface area contributed by atoms with Gasteiger partial charge in [0.1, 0.15) is 0 Å². The zero-order chi connectivity index (χ0) is 14.0. The van der Waals surface area contributed by atoms with Gasteiger partial charge < -0.3 is 5.32 Å². The molecule has 1 fully saturated rings. The number of likely N-dealkylation sites (N-methyl/N-ethyl adjacent to an activating group) is 1. The van der Waals surface area contributed by atoms with Gasteiger partial charge in [0.2, 0.25) is 10.0 Å². The van der Waals surface area contributed by atoms with Gasteiger partial charge in [-0.1, -0.05) is 22.0 Å². The molecule has 0 aromatic heterocycles. The quantitative estimate of drug-likeness (QED) is 0.911. The Bertz CT molecular complexity index is 554. The van der Waals surface area contributed by atoms with Crippen LogP contribution in [0.5, 0.6) is 0 Å². The summed E-state index contributed by atoms with van der Waals surface area (Å²) in [6.07, 6.45) is 1.93. The van der Waals surface area contributed by atoms with E-state index in [1.54, 1.807) is 13.1 Å². The van der Waals surface area contributed by atoms with Gasteiger partial charge in [0.25, 0.3) is 0 Å². The van der Waals surface area contributed by atoms with Gasteiger partial charge in [-0.25, -0.2) is 8.42 Å². The van der Waals surface area contributed by atoms with Crippen LogP contribution in [-0.2, 0) is 10.0 Å². The zero-order valence-electron chi connectivity index (χ0n) is 11.2. The first kappa shape index (κ1) is 15.0. The first-order valence-electron chi connectivity index (χ1n) is 6.38. The SMILES string of the molecule is Cc1ccc(Br)cc1S(=O)(=O)N(C)C1CCCNC1. The lowest BCUT2D eigenvalue weighted by Crippen LogP contribution is -2.46. The molecule has 1 atom stereocenters. The fraction of sp³-hybridized carbons (Fsp3) is 0.538. The number of piperidine rings is 1. The van der Waals surface area contributed by atoms with Crippen LogP contribution >= 0.6 is 15.9 Å². The number of hydrogen-bond donors (Lipinski definition) is 1. The predicted molar refractivity (Wildman–Crippen MR) is 79.7 cm³/mol. The summed E-state index contributed by atoms with van der Waals surface area (Å²) in [6, 6.07) is 5.40. The smallest absolute Gasteiger partial charge is 0.243 e. The van der Waals surface area contributed by atoms with E-state index in [0.29, 0.717) is 4.90 Å². The molecule has 1 heterocycles. The van der Waals surface area contributed by atoms with Crippen molar-refractivity contribution in [1.29, 1.82) is 0 Å². The molecule has 0 bridgehead atoms. The van der Waals surface area contributed by atoms with Crippen LogP contribution in [0.25, 0.3) is 0 Å². The summed E-state index contributed by atoms with van der Waals surface area (Å²) in [5.74, 6) is 0. The van der Waals surface area contributed by atoms with Crippen LogP contribution < -0.4 is 5.32 Å². The number of aryl methyl sites for hydroxylation is 1. The Morgan fingerprint density at radius 1 is 1.42 bits per heavy atom. The fourth-order valence-corrected chi connectivity index (χ4v) is 4.49. The summed E-state index contributed by atoms with van der Waals surface area (Å²) < 4.78 is 27.7. The molecule has 1 aromatic rings. The minimum Gasteiger partial charge on any atom is -0.315 e. The van der Waals surface area contributed by atoms with Crippen molar-refractivity contribution in [3.8, 4) is 0 Å². The molecule has 0 spiro atoms. The van der Waals surface area contributed by atoms with Crippen LogP contribution in [0.15, 0.2) is 27.6 Å². The Morgan fingerprint density at radius 2 is 2.16 bits per heavy atom.